The molecule has 6 rings (SSSR count). The summed E-state index contributed by atoms with van der Waals surface area (Å²) in [4.78, 5) is 5.27. The number of pyridine rings is 1. The molecule has 0 aliphatic rings. The summed E-state index contributed by atoms with van der Waals surface area (Å²) < 4.78 is 29.8. The van der Waals surface area contributed by atoms with Crippen LogP contribution in [0.5, 0.6) is 0 Å². The summed E-state index contributed by atoms with van der Waals surface area (Å²) in [5, 5.41) is 5.51. The quantitative estimate of drug-likeness (QED) is 0.256. The van der Waals surface area contributed by atoms with Crippen LogP contribution in [-0.2, 0) is 0 Å². The third-order valence-corrected chi connectivity index (χ3v) is 6.84. The first kappa shape index (κ1) is 18.2. The summed E-state index contributed by atoms with van der Waals surface area (Å²) in [6, 6.07) is 26.4. The third-order valence-electron chi connectivity index (χ3n) is 5.67. The molecular formula is C27H15F2NS. The zero-order chi connectivity index (χ0) is 20.9. The van der Waals surface area contributed by atoms with Gasteiger partial charge in [-0.15, -0.1) is 11.3 Å². The van der Waals surface area contributed by atoms with Crippen molar-refractivity contribution >= 4 is 43.0 Å². The van der Waals surface area contributed by atoms with Crippen molar-refractivity contribution in [2.45, 2.75) is 0 Å². The Labute approximate surface area is 181 Å². The number of fused-ring (bicyclic) bond motifs is 4. The fourth-order valence-electron chi connectivity index (χ4n) is 4.26. The van der Waals surface area contributed by atoms with E-state index in [0.29, 0.717) is 4.88 Å². The fraction of sp³-hybridized carbons (Fsp3) is 0. The molecule has 148 valence electrons. The average Bonchev–Trinajstić information content (AvgIpc) is 3.22. The minimum absolute atomic E-state index is 0.0121. The number of halogens is 2. The number of nitrogens with zero attached hydrogens (tertiary/aromatic N) is 1. The number of thiophene rings is 1. The molecule has 0 aliphatic carbocycles. The van der Waals surface area contributed by atoms with E-state index in [1.54, 1.807) is 6.20 Å². The van der Waals surface area contributed by atoms with Crippen LogP contribution in [0.3, 0.4) is 0 Å². The second kappa shape index (κ2) is 6.96. The highest BCUT2D eigenvalue weighted by Gasteiger charge is 2.18. The molecule has 4 heteroatoms. The van der Waals surface area contributed by atoms with Gasteiger partial charge in [-0.05, 0) is 57.3 Å². The SMILES string of the molecule is Fc1cccc(F)c1-c1cc2ccnc(-c3cc4ccccc4c4ccccc34)c2s1. The van der Waals surface area contributed by atoms with Gasteiger partial charge < -0.3 is 0 Å². The lowest BCUT2D eigenvalue weighted by Gasteiger charge is -2.11. The van der Waals surface area contributed by atoms with E-state index in [4.69, 9.17) is 4.98 Å². The van der Waals surface area contributed by atoms with Crippen LogP contribution >= 0.6 is 11.3 Å². The van der Waals surface area contributed by atoms with Crippen LogP contribution in [0.25, 0.3) is 53.3 Å². The van der Waals surface area contributed by atoms with Crippen LogP contribution < -0.4 is 0 Å². The predicted molar refractivity (Wildman–Crippen MR) is 125 cm³/mol. The number of benzene rings is 4. The van der Waals surface area contributed by atoms with E-state index in [-0.39, 0.29) is 5.56 Å². The Morgan fingerprint density at radius 3 is 2.16 bits per heavy atom. The lowest BCUT2D eigenvalue weighted by atomic mass is 9.95. The van der Waals surface area contributed by atoms with Gasteiger partial charge in [0.1, 0.15) is 11.6 Å². The molecule has 2 heterocycles. The Morgan fingerprint density at radius 1 is 0.645 bits per heavy atom. The van der Waals surface area contributed by atoms with Gasteiger partial charge in [-0.1, -0.05) is 54.6 Å². The van der Waals surface area contributed by atoms with Gasteiger partial charge in [-0.2, -0.15) is 0 Å². The topological polar surface area (TPSA) is 12.9 Å². The number of hydrogen-bond acceptors (Lipinski definition) is 2. The zero-order valence-corrected chi connectivity index (χ0v) is 17.1. The van der Waals surface area contributed by atoms with Crippen molar-refractivity contribution in [2.24, 2.45) is 0 Å². The van der Waals surface area contributed by atoms with Gasteiger partial charge in [0.25, 0.3) is 0 Å². The highest BCUT2D eigenvalue weighted by atomic mass is 32.1. The lowest BCUT2D eigenvalue weighted by molar-refractivity contribution is 0.590. The Bertz CT molecular complexity index is 1600. The molecule has 0 unspecified atom stereocenters. The first-order valence-electron chi connectivity index (χ1n) is 9.94. The van der Waals surface area contributed by atoms with E-state index in [2.05, 4.69) is 30.3 Å². The van der Waals surface area contributed by atoms with Gasteiger partial charge in [0.05, 0.1) is 16.0 Å². The molecule has 0 bridgehead atoms. The summed E-state index contributed by atoms with van der Waals surface area (Å²) >= 11 is 1.37. The predicted octanol–water partition coefficient (Wildman–Crippen LogP) is 8.21. The maximum Gasteiger partial charge on any atom is 0.134 e. The molecule has 0 saturated heterocycles. The van der Waals surface area contributed by atoms with E-state index in [1.807, 2.05) is 36.4 Å². The molecule has 0 amide bonds. The molecule has 2 aromatic heterocycles. The molecule has 0 atom stereocenters. The van der Waals surface area contributed by atoms with Gasteiger partial charge in [0.15, 0.2) is 0 Å². The van der Waals surface area contributed by atoms with Crippen LogP contribution in [0, 0.1) is 11.6 Å². The molecule has 0 spiro atoms. The smallest absolute Gasteiger partial charge is 0.134 e. The van der Waals surface area contributed by atoms with Crippen molar-refractivity contribution < 1.29 is 8.78 Å². The van der Waals surface area contributed by atoms with Crippen molar-refractivity contribution in [3.05, 3.63) is 103 Å². The molecule has 0 aliphatic heterocycles. The van der Waals surface area contributed by atoms with Gasteiger partial charge in [-0.25, -0.2) is 8.78 Å². The van der Waals surface area contributed by atoms with Crippen molar-refractivity contribution in [1.82, 2.24) is 4.98 Å². The highest BCUT2D eigenvalue weighted by molar-refractivity contribution is 7.22. The third kappa shape index (κ3) is 2.83. The van der Waals surface area contributed by atoms with Crippen LogP contribution in [0.1, 0.15) is 0 Å². The minimum Gasteiger partial charge on any atom is -0.255 e. The molecular weight excluding hydrogens is 408 g/mol. The summed E-state index contributed by atoms with van der Waals surface area (Å²) in [5.41, 5.74) is 1.85. The van der Waals surface area contributed by atoms with Crippen molar-refractivity contribution in [3.63, 3.8) is 0 Å². The summed E-state index contributed by atoms with van der Waals surface area (Å²) in [6.45, 7) is 0. The minimum atomic E-state index is -0.558. The maximum atomic E-state index is 14.4. The first-order chi connectivity index (χ1) is 15.2. The summed E-state index contributed by atoms with van der Waals surface area (Å²) in [6.07, 6.45) is 1.76. The van der Waals surface area contributed by atoms with Gasteiger partial charge >= 0.3 is 0 Å². The van der Waals surface area contributed by atoms with Crippen molar-refractivity contribution in [1.29, 1.82) is 0 Å². The second-order valence-corrected chi connectivity index (χ2v) is 8.53. The largest absolute Gasteiger partial charge is 0.255 e. The Hall–Kier alpha value is -3.63. The van der Waals surface area contributed by atoms with Crippen LogP contribution in [0.2, 0.25) is 0 Å². The molecule has 0 N–H and O–H groups in total. The van der Waals surface area contributed by atoms with E-state index in [0.717, 1.165) is 37.5 Å². The molecule has 0 radical (unpaired) electrons. The standard InChI is InChI=1S/C27H15F2NS/c28-22-10-5-11-23(29)25(22)24-15-17-12-13-30-26(27(17)31-24)21-14-16-6-1-2-7-18(16)19-8-3-4-9-20(19)21/h1-15H. The van der Waals surface area contributed by atoms with Gasteiger partial charge in [0.2, 0.25) is 0 Å². The number of hydrogen-bond donors (Lipinski definition) is 0. The number of aromatic nitrogens is 1. The number of rotatable bonds is 2. The molecule has 31 heavy (non-hydrogen) atoms. The summed E-state index contributed by atoms with van der Waals surface area (Å²) in [5.74, 6) is -1.12. The Balaban J connectivity index is 1.67. The zero-order valence-electron chi connectivity index (χ0n) is 16.3. The maximum absolute atomic E-state index is 14.4. The van der Waals surface area contributed by atoms with Crippen molar-refractivity contribution in [3.8, 4) is 21.7 Å². The van der Waals surface area contributed by atoms with Crippen molar-refractivity contribution in [2.75, 3.05) is 0 Å². The molecule has 0 fully saturated rings. The lowest BCUT2D eigenvalue weighted by Crippen LogP contribution is -1.87. The first-order valence-corrected chi connectivity index (χ1v) is 10.8. The van der Waals surface area contributed by atoms with E-state index in [9.17, 15) is 8.78 Å². The molecule has 1 nitrogen and oxygen atoms in total. The van der Waals surface area contributed by atoms with Crippen LogP contribution in [0.15, 0.2) is 91.1 Å². The van der Waals surface area contributed by atoms with E-state index >= 15 is 0 Å². The molecule has 0 saturated carbocycles. The molecule has 4 aromatic carbocycles. The van der Waals surface area contributed by atoms with Crippen LogP contribution in [-0.4, -0.2) is 4.98 Å². The van der Waals surface area contributed by atoms with Crippen LogP contribution in [0.4, 0.5) is 8.78 Å². The van der Waals surface area contributed by atoms with Gasteiger partial charge in [-0.3, -0.25) is 4.98 Å². The normalized spacial score (nSPS) is 11.5. The Morgan fingerprint density at radius 2 is 1.35 bits per heavy atom. The summed E-state index contributed by atoms with van der Waals surface area (Å²) in [7, 11) is 0. The fourth-order valence-corrected chi connectivity index (χ4v) is 5.47. The highest BCUT2D eigenvalue weighted by Crippen LogP contribution is 2.42. The van der Waals surface area contributed by atoms with Gasteiger partial charge in [0, 0.05) is 16.6 Å². The van der Waals surface area contributed by atoms with E-state index in [1.165, 1.54) is 34.9 Å². The monoisotopic (exact) mass is 423 g/mol. The second-order valence-electron chi connectivity index (χ2n) is 7.48. The Kier molecular flexibility index (Phi) is 4.08. The average molecular weight is 423 g/mol. The molecule has 6 aromatic rings. The van der Waals surface area contributed by atoms with E-state index < -0.39 is 11.6 Å².